The zero-order chi connectivity index (χ0) is 22.5. The van der Waals surface area contributed by atoms with Gasteiger partial charge >= 0.3 is 23.9 Å². The molecular weight excluding hydrogens is 416 g/mol. The summed E-state index contributed by atoms with van der Waals surface area (Å²) in [5.41, 5.74) is 0.492. The minimum atomic E-state index is -1.60. The van der Waals surface area contributed by atoms with Crippen molar-refractivity contribution < 1.29 is 42.9 Å². The maximum Gasteiger partial charge on any atom is 0.303 e. The normalized spacial score (nSPS) is 28.2. The van der Waals surface area contributed by atoms with Crippen LogP contribution in [0.3, 0.4) is 0 Å². The molecule has 1 aromatic carbocycles. The fraction of sp³-hybridized carbons (Fsp3) is 0.500. The van der Waals surface area contributed by atoms with Crippen LogP contribution in [0.4, 0.5) is 0 Å². The van der Waals surface area contributed by atoms with Crippen LogP contribution in [0.2, 0.25) is 0 Å². The fourth-order valence-electron chi connectivity index (χ4n) is 3.19. The van der Waals surface area contributed by atoms with Crippen molar-refractivity contribution in [2.24, 2.45) is 0 Å². The zero-order valence-electron chi connectivity index (χ0n) is 17.0. The molecule has 1 fully saturated rings. The van der Waals surface area contributed by atoms with Gasteiger partial charge in [-0.05, 0) is 5.56 Å². The average molecular weight is 440 g/mol. The number of hydrogen-bond donors (Lipinski definition) is 1. The highest BCUT2D eigenvalue weighted by Gasteiger charge is 2.59. The predicted octanol–water partition coefficient (Wildman–Crippen LogP) is 1.53. The number of rotatable bonds is 6. The van der Waals surface area contributed by atoms with Crippen molar-refractivity contribution in [3.8, 4) is 0 Å². The Labute approximate surface area is 179 Å². The molecule has 1 aliphatic heterocycles. The van der Waals surface area contributed by atoms with Crippen LogP contribution in [0.5, 0.6) is 0 Å². The molecule has 0 amide bonds. The van der Waals surface area contributed by atoms with Gasteiger partial charge in [0.05, 0.1) is 0 Å². The van der Waals surface area contributed by atoms with E-state index in [1.54, 1.807) is 30.3 Å². The first-order valence-corrected chi connectivity index (χ1v) is 9.60. The van der Waals surface area contributed by atoms with Crippen molar-refractivity contribution in [3.05, 3.63) is 35.9 Å². The summed E-state index contributed by atoms with van der Waals surface area (Å²) in [6, 6.07) is 8.59. The third-order valence-corrected chi connectivity index (χ3v) is 4.86. The summed E-state index contributed by atoms with van der Waals surface area (Å²) in [6.07, 6.45) is -4.84. The fourth-order valence-corrected chi connectivity index (χ4v) is 3.67. The minimum Gasteiger partial charge on any atom is -0.463 e. The Hall–Kier alpha value is -2.59. The van der Waals surface area contributed by atoms with Gasteiger partial charge in [-0.1, -0.05) is 30.3 Å². The van der Waals surface area contributed by atoms with E-state index in [1.807, 2.05) is 0 Å². The van der Waals surface area contributed by atoms with E-state index in [2.05, 4.69) is 12.6 Å². The molecule has 9 nitrogen and oxygen atoms in total. The SMILES string of the molecule is CC(=O)OC[C@H]1O[C@](S)(c2ccccc2)[C@H](OC(C)=O)[C@@H](OC(C)=O)[C@H]1OC(C)=O. The van der Waals surface area contributed by atoms with Gasteiger partial charge in [0, 0.05) is 27.7 Å². The second-order valence-electron chi connectivity index (χ2n) is 6.70. The van der Waals surface area contributed by atoms with Crippen LogP contribution < -0.4 is 0 Å². The second kappa shape index (κ2) is 9.94. The summed E-state index contributed by atoms with van der Waals surface area (Å²) in [4.78, 5) is 45.2. The third kappa shape index (κ3) is 5.73. The molecule has 1 aliphatic rings. The first-order chi connectivity index (χ1) is 14.0. The number of hydrogen-bond acceptors (Lipinski definition) is 10. The van der Waals surface area contributed by atoms with Crippen molar-refractivity contribution in [2.75, 3.05) is 6.61 Å². The molecular formula is C20H24O9S. The summed E-state index contributed by atoms with van der Waals surface area (Å²) in [5.74, 6) is -2.67. The lowest BCUT2D eigenvalue weighted by atomic mass is 9.89. The Balaban J connectivity index is 2.59. The van der Waals surface area contributed by atoms with Crippen LogP contribution in [-0.4, -0.2) is 54.9 Å². The largest absolute Gasteiger partial charge is 0.463 e. The van der Waals surface area contributed by atoms with E-state index in [0.717, 1.165) is 13.8 Å². The lowest BCUT2D eigenvalue weighted by molar-refractivity contribution is -0.264. The molecule has 0 aromatic heterocycles. The molecule has 0 bridgehead atoms. The number of esters is 4. The Morgan fingerprint density at radius 2 is 1.40 bits per heavy atom. The first kappa shape index (κ1) is 23.7. The molecule has 0 unspecified atom stereocenters. The molecule has 0 spiro atoms. The quantitative estimate of drug-likeness (QED) is 0.399. The van der Waals surface area contributed by atoms with E-state index < -0.39 is 53.2 Å². The van der Waals surface area contributed by atoms with Crippen LogP contribution in [0, 0.1) is 0 Å². The summed E-state index contributed by atoms with van der Waals surface area (Å²) >= 11 is 4.65. The monoisotopic (exact) mass is 440 g/mol. The summed E-state index contributed by atoms with van der Waals surface area (Å²) in [7, 11) is 0. The molecule has 0 N–H and O–H groups in total. The number of carbonyl (C=O) groups is 4. The lowest BCUT2D eigenvalue weighted by Gasteiger charge is -2.49. The van der Waals surface area contributed by atoms with Crippen molar-refractivity contribution in [1.82, 2.24) is 0 Å². The van der Waals surface area contributed by atoms with Gasteiger partial charge in [-0.15, -0.1) is 12.6 Å². The topological polar surface area (TPSA) is 114 Å². The Morgan fingerprint density at radius 1 is 0.867 bits per heavy atom. The minimum absolute atomic E-state index is 0.313. The average Bonchev–Trinajstić information content (AvgIpc) is 2.65. The lowest BCUT2D eigenvalue weighted by Crippen LogP contribution is -2.64. The molecule has 164 valence electrons. The van der Waals surface area contributed by atoms with Gasteiger partial charge in [0.2, 0.25) is 0 Å². The number of benzene rings is 1. The van der Waals surface area contributed by atoms with Crippen molar-refractivity contribution in [1.29, 1.82) is 0 Å². The number of carbonyl (C=O) groups excluding carboxylic acids is 4. The maximum absolute atomic E-state index is 11.9. The number of ether oxygens (including phenoxy) is 5. The summed E-state index contributed by atoms with van der Waals surface area (Å²) < 4.78 is 27.3. The van der Waals surface area contributed by atoms with E-state index in [9.17, 15) is 19.2 Å². The van der Waals surface area contributed by atoms with Crippen LogP contribution in [0.15, 0.2) is 30.3 Å². The van der Waals surface area contributed by atoms with E-state index in [1.165, 1.54) is 13.8 Å². The van der Waals surface area contributed by atoms with E-state index >= 15 is 0 Å². The Kier molecular flexibility index (Phi) is 7.85. The van der Waals surface area contributed by atoms with Crippen LogP contribution in [0.25, 0.3) is 0 Å². The van der Waals surface area contributed by atoms with Gasteiger partial charge < -0.3 is 23.7 Å². The van der Waals surface area contributed by atoms with Gasteiger partial charge in [-0.3, -0.25) is 19.2 Å². The van der Waals surface area contributed by atoms with Crippen LogP contribution >= 0.6 is 12.6 Å². The molecule has 10 heteroatoms. The third-order valence-electron chi connectivity index (χ3n) is 4.24. The predicted molar refractivity (Wildman–Crippen MR) is 105 cm³/mol. The Bertz CT molecular complexity index is 797. The van der Waals surface area contributed by atoms with E-state index in [0.29, 0.717) is 5.56 Å². The molecule has 1 heterocycles. The van der Waals surface area contributed by atoms with Gasteiger partial charge in [-0.25, -0.2) is 0 Å². The first-order valence-electron chi connectivity index (χ1n) is 9.15. The highest BCUT2D eigenvalue weighted by molar-refractivity contribution is 7.81. The zero-order valence-corrected chi connectivity index (χ0v) is 17.9. The van der Waals surface area contributed by atoms with E-state index in [-0.39, 0.29) is 6.61 Å². The smallest absolute Gasteiger partial charge is 0.303 e. The molecule has 0 saturated carbocycles. The van der Waals surface area contributed by atoms with Crippen molar-refractivity contribution in [2.45, 2.75) is 57.0 Å². The highest BCUT2D eigenvalue weighted by Crippen LogP contribution is 2.45. The molecule has 1 aromatic rings. The van der Waals surface area contributed by atoms with Gasteiger partial charge in [0.25, 0.3) is 0 Å². The molecule has 1 saturated heterocycles. The van der Waals surface area contributed by atoms with Crippen molar-refractivity contribution in [3.63, 3.8) is 0 Å². The van der Waals surface area contributed by atoms with E-state index in [4.69, 9.17) is 23.7 Å². The summed E-state index contributed by atoms with van der Waals surface area (Å²) in [6.45, 7) is 4.39. The molecule has 0 aliphatic carbocycles. The molecule has 5 atom stereocenters. The number of thiol groups is 1. The standard InChI is InChI=1S/C20H24O9S/c1-11(21)25-10-16-17(26-12(2)22)18(27-13(3)23)19(28-14(4)24)20(30,29-16)15-8-6-5-7-9-15/h5-9,16-19,30H,10H2,1-4H3/t16-,17+,18+,19-,20+/m1/s1. The molecule has 30 heavy (non-hydrogen) atoms. The van der Waals surface area contributed by atoms with Crippen molar-refractivity contribution >= 4 is 36.5 Å². The van der Waals surface area contributed by atoms with Crippen LogP contribution in [0.1, 0.15) is 33.3 Å². The summed E-state index contributed by atoms with van der Waals surface area (Å²) in [5, 5.41) is 0. The van der Waals surface area contributed by atoms with Crippen LogP contribution in [-0.2, 0) is 47.8 Å². The van der Waals surface area contributed by atoms with Gasteiger partial charge in [-0.2, -0.15) is 0 Å². The van der Waals surface area contributed by atoms with Gasteiger partial charge in [0.1, 0.15) is 12.7 Å². The molecule has 0 radical (unpaired) electrons. The highest BCUT2D eigenvalue weighted by atomic mass is 32.1. The van der Waals surface area contributed by atoms with Gasteiger partial charge in [0.15, 0.2) is 23.2 Å². The maximum atomic E-state index is 11.9. The molecule has 2 rings (SSSR count). The second-order valence-corrected chi connectivity index (χ2v) is 7.36. The Morgan fingerprint density at radius 3 is 1.90 bits per heavy atom.